The van der Waals surface area contributed by atoms with Crippen molar-refractivity contribution in [2.24, 2.45) is 35.0 Å². The maximum absolute atomic E-state index is 13.0. The van der Waals surface area contributed by atoms with Gasteiger partial charge in [0.15, 0.2) is 0 Å². The lowest BCUT2D eigenvalue weighted by molar-refractivity contribution is -0.149. The normalized spacial score (nSPS) is 34.7. The number of carbonyl (C=O) groups is 3. The molecule has 1 unspecified atom stereocenters. The molecule has 0 spiro atoms. The zero-order valence-electron chi connectivity index (χ0n) is 18.0. The molecule has 4 bridgehead atoms. The van der Waals surface area contributed by atoms with Crippen molar-refractivity contribution >= 4 is 17.7 Å². The van der Waals surface area contributed by atoms with Crippen molar-refractivity contribution in [3.8, 4) is 0 Å². The van der Waals surface area contributed by atoms with Gasteiger partial charge in [0.1, 0.15) is 6.04 Å². The predicted octanol–water partition coefficient (Wildman–Crippen LogP) is 3.07. The number of carbonyl (C=O) groups excluding carboxylic acids is 3. The third-order valence-corrected chi connectivity index (χ3v) is 8.04. The van der Waals surface area contributed by atoms with E-state index in [9.17, 15) is 14.4 Å². The van der Waals surface area contributed by atoms with Crippen LogP contribution in [0.3, 0.4) is 0 Å². The summed E-state index contributed by atoms with van der Waals surface area (Å²) in [4.78, 5) is 38.5. The maximum atomic E-state index is 13.0. The molecule has 3 amide bonds. The van der Waals surface area contributed by atoms with E-state index in [0.29, 0.717) is 17.8 Å². The second-order valence-corrected chi connectivity index (χ2v) is 10.7. The van der Waals surface area contributed by atoms with Gasteiger partial charge >= 0.3 is 0 Å². The highest BCUT2D eigenvalue weighted by Gasteiger charge is 2.54. The van der Waals surface area contributed by atoms with Crippen LogP contribution in [0.1, 0.15) is 84.5 Å². The zero-order valence-corrected chi connectivity index (χ0v) is 18.0. The molecule has 0 radical (unpaired) electrons. The maximum Gasteiger partial charge on any atom is 0.261 e. The van der Waals surface area contributed by atoms with Gasteiger partial charge in [0.25, 0.3) is 5.91 Å². The topological polar surface area (TPSA) is 87.3 Å². The Balaban J connectivity index is 1.32. The Labute approximate surface area is 174 Å². The molecule has 0 aromatic rings. The first-order chi connectivity index (χ1) is 13.9. The van der Waals surface area contributed by atoms with Gasteiger partial charge in [-0.25, -0.2) is 0 Å². The van der Waals surface area contributed by atoms with E-state index >= 15 is 0 Å². The Morgan fingerprint density at radius 2 is 1.38 bits per heavy atom. The Bertz CT molecular complexity index is 618. The van der Waals surface area contributed by atoms with Gasteiger partial charge in [-0.1, -0.05) is 33.1 Å². The van der Waals surface area contributed by atoms with Crippen LogP contribution in [-0.4, -0.2) is 23.8 Å². The number of hydrogen-bond donors (Lipinski definition) is 3. The van der Waals surface area contributed by atoms with Gasteiger partial charge in [0, 0.05) is 5.92 Å². The van der Waals surface area contributed by atoms with Crippen molar-refractivity contribution < 1.29 is 14.4 Å². The summed E-state index contributed by atoms with van der Waals surface area (Å²) in [6, 6.07) is -0.624. The quantitative estimate of drug-likeness (QED) is 0.617. The number of rotatable bonds is 5. The summed E-state index contributed by atoms with van der Waals surface area (Å²) in [6.45, 7) is 3.85. The molecular weight excluding hydrogens is 366 g/mol. The molecular formula is C23H37N3O3. The van der Waals surface area contributed by atoms with Crippen LogP contribution in [0.25, 0.3) is 0 Å². The van der Waals surface area contributed by atoms with Gasteiger partial charge in [0.2, 0.25) is 11.8 Å². The first kappa shape index (κ1) is 20.7. The smallest absolute Gasteiger partial charge is 0.261 e. The molecule has 0 aromatic heterocycles. The summed E-state index contributed by atoms with van der Waals surface area (Å²) in [7, 11) is 0. The molecule has 162 valence electrons. The summed E-state index contributed by atoms with van der Waals surface area (Å²) in [6.07, 6.45) is 11.9. The van der Waals surface area contributed by atoms with Gasteiger partial charge in [-0.05, 0) is 75.0 Å². The van der Waals surface area contributed by atoms with Gasteiger partial charge in [-0.15, -0.1) is 0 Å². The van der Waals surface area contributed by atoms with Crippen molar-refractivity contribution in [1.29, 1.82) is 0 Å². The van der Waals surface area contributed by atoms with Crippen molar-refractivity contribution in [1.82, 2.24) is 16.2 Å². The molecule has 5 saturated carbocycles. The van der Waals surface area contributed by atoms with E-state index in [2.05, 4.69) is 16.2 Å². The van der Waals surface area contributed by atoms with Crippen LogP contribution in [0.15, 0.2) is 0 Å². The fourth-order valence-electron chi connectivity index (χ4n) is 6.89. The van der Waals surface area contributed by atoms with Crippen LogP contribution in [0.5, 0.6) is 0 Å². The molecule has 5 aliphatic carbocycles. The van der Waals surface area contributed by atoms with E-state index in [0.717, 1.165) is 44.9 Å². The van der Waals surface area contributed by atoms with Crippen molar-refractivity contribution in [3.05, 3.63) is 0 Å². The molecule has 6 heteroatoms. The molecule has 0 heterocycles. The van der Waals surface area contributed by atoms with Gasteiger partial charge < -0.3 is 5.32 Å². The molecule has 0 aliphatic heterocycles. The fraction of sp³-hybridized carbons (Fsp3) is 0.870. The largest absolute Gasteiger partial charge is 0.344 e. The summed E-state index contributed by atoms with van der Waals surface area (Å²) in [5.41, 5.74) is 5.09. The SMILES string of the molecule is CC(C)C(NC(=O)C1CCCCC1)C(=O)NNC(=O)C12CC3CC(CC(C3)C1)C2. The van der Waals surface area contributed by atoms with Gasteiger partial charge in [0.05, 0.1) is 5.41 Å². The summed E-state index contributed by atoms with van der Waals surface area (Å²) in [5.74, 6) is 1.65. The molecule has 29 heavy (non-hydrogen) atoms. The van der Waals surface area contributed by atoms with E-state index < -0.39 is 6.04 Å². The Kier molecular flexibility index (Phi) is 5.90. The van der Waals surface area contributed by atoms with Crippen molar-refractivity contribution in [2.75, 3.05) is 0 Å². The minimum atomic E-state index is -0.624. The average molecular weight is 404 g/mol. The number of amides is 3. The Morgan fingerprint density at radius 1 is 0.828 bits per heavy atom. The van der Waals surface area contributed by atoms with Crippen LogP contribution in [-0.2, 0) is 14.4 Å². The molecule has 1 atom stereocenters. The lowest BCUT2D eigenvalue weighted by Gasteiger charge is -2.55. The minimum absolute atomic E-state index is 0.0133. The monoisotopic (exact) mass is 403 g/mol. The van der Waals surface area contributed by atoms with E-state index in [-0.39, 0.29) is 35.0 Å². The minimum Gasteiger partial charge on any atom is -0.344 e. The van der Waals surface area contributed by atoms with Crippen LogP contribution in [0.2, 0.25) is 0 Å². The summed E-state index contributed by atoms with van der Waals surface area (Å²) >= 11 is 0. The zero-order chi connectivity index (χ0) is 20.6. The summed E-state index contributed by atoms with van der Waals surface area (Å²) < 4.78 is 0. The third kappa shape index (κ3) is 4.31. The standard InChI is InChI=1S/C23H37N3O3/c1-14(2)19(24-20(27)18-6-4-3-5-7-18)21(28)25-26-22(29)23-11-15-8-16(12-23)10-17(9-15)13-23/h14-19H,3-13H2,1-2H3,(H,24,27)(H,25,28)(H,26,29). The average Bonchev–Trinajstić information content (AvgIpc) is 2.69. The van der Waals surface area contributed by atoms with Crippen LogP contribution >= 0.6 is 0 Å². The number of hydrazine groups is 1. The highest BCUT2D eigenvalue weighted by atomic mass is 16.2. The second-order valence-electron chi connectivity index (χ2n) is 10.7. The van der Waals surface area contributed by atoms with Crippen molar-refractivity contribution in [2.45, 2.75) is 90.5 Å². The Morgan fingerprint density at radius 3 is 1.90 bits per heavy atom. The van der Waals surface area contributed by atoms with Crippen LogP contribution in [0, 0.1) is 35.0 Å². The molecule has 0 saturated heterocycles. The highest BCUT2D eigenvalue weighted by Crippen LogP contribution is 2.60. The van der Waals surface area contributed by atoms with Crippen LogP contribution < -0.4 is 16.2 Å². The first-order valence-electron chi connectivity index (χ1n) is 11.8. The molecule has 5 aliphatic rings. The predicted molar refractivity (Wildman–Crippen MR) is 110 cm³/mol. The van der Waals surface area contributed by atoms with Crippen molar-refractivity contribution in [3.63, 3.8) is 0 Å². The first-order valence-corrected chi connectivity index (χ1v) is 11.8. The molecule has 6 nitrogen and oxygen atoms in total. The molecule has 3 N–H and O–H groups in total. The number of nitrogens with one attached hydrogen (secondary N) is 3. The van der Waals surface area contributed by atoms with Crippen LogP contribution in [0.4, 0.5) is 0 Å². The lowest BCUT2D eigenvalue weighted by atomic mass is 9.49. The molecule has 0 aromatic carbocycles. The van der Waals surface area contributed by atoms with E-state index in [1.165, 1.54) is 25.7 Å². The molecule has 5 fully saturated rings. The third-order valence-electron chi connectivity index (χ3n) is 8.04. The van der Waals surface area contributed by atoms with E-state index in [1.54, 1.807) is 0 Å². The van der Waals surface area contributed by atoms with E-state index in [1.807, 2.05) is 13.8 Å². The van der Waals surface area contributed by atoms with Gasteiger partial charge in [-0.2, -0.15) is 0 Å². The van der Waals surface area contributed by atoms with E-state index in [4.69, 9.17) is 0 Å². The Hall–Kier alpha value is -1.59. The fourth-order valence-corrected chi connectivity index (χ4v) is 6.89. The second kappa shape index (κ2) is 8.27. The highest BCUT2D eigenvalue weighted by molar-refractivity contribution is 5.91. The van der Waals surface area contributed by atoms with Gasteiger partial charge in [-0.3, -0.25) is 25.2 Å². The molecule has 5 rings (SSSR count). The number of hydrogen-bond acceptors (Lipinski definition) is 3. The summed E-state index contributed by atoms with van der Waals surface area (Å²) in [5, 5.41) is 2.94. The lowest BCUT2D eigenvalue weighted by Crippen LogP contribution is -2.60.